The van der Waals surface area contributed by atoms with E-state index in [-0.39, 0.29) is 0 Å². The van der Waals surface area contributed by atoms with E-state index >= 15 is 0 Å². The molecule has 0 aliphatic rings. The molecule has 0 spiro atoms. The van der Waals surface area contributed by atoms with Crippen molar-refractivity contribution in [3.63, 3.8) is 0 Å². The molecule has 0 saturated carbocycles. The Hall–Kier alpha value is -1.41. The summed E-state index contributed by atoms with van der Waals surface area (Å²) >= 11 is 5.98. The third-order valence-corrected chi connectivity index (χ3v) is 2.48. The molecule has 16 heavy (non-hydrogen) atoms. The van der Waals surface area contributed by atoms with Crippen LogP contribution in [0.2, 0.25) is 5.15 Å². The molecular formula is C13H13ClN2. The second kappa shape index (κ2) is 5.08. The summed E-state index contributed by atoms with van der Waals surface area (Å²) in [6.45, 7) is 2.10. The Balaban J connectivity index is 2.41. The van der Waals surface area contributed by atoms with Crippen LogP contribution in [0.1, 0.15) is 19.2 Å². The number of halogens is 1. The Morgan fingerprint density at radius 1 is 1.12 bits per heavy atom. The zero-order chi connectivity index (χ0) is 11.4. The van der Waals surface area contributed by atoms with Crippen LogP contribution in [0, 0.1) is 0 Å². The molecule has 2 rings (SSSR count). The first-order valence-electron chi connectivity index (χ1n) is 5.38. The SMILES string of the molecule is CCCc1nc(Cl)cc(-c2ccccc2)n1. The molecule has 1 aromatic carbocycles. The van der Waals surface area contributed by atoms with Gasteiger partial charge in [-0.1, -0.05) is 48.9 Å². The van der Waals surface area contributed by atoms with E-state index in [2.05, 4.69) is 16.9 Å². The van der Waals surface area contributed by atoms with Gasteiger partial charge in [0.1, 0.15) is 11.0 Å². The van der Waals surface area contributed by atoms with Crippen molar-refractivity contribution in [1.82, 2.24) is 9.97 Å². The zero-order valence-corrected chi connectivity index (χ0v) is 9.91. The summed E-state index contributed by atoms with van der Waals surface area (Å²) in [6.07, 6.45) is 1.88. The summed E-state index contributed by atoms with van der Waals surface area (Å²) in [4.78, 5) is 8.70. The maximum atomic E-state index is 5.98. The highest BCUT2D eigenvalue weighted by molar-refractivity contribution is 6.29. The lowest BCUT2D eigenvalue weighted by Crippen LogP contribution is -1.96. The second-order valence-electron chi connectivity index (χ2n) is 3.61. The largest absolute Gasteiger partial charge is 0.233 e. The summed E-state index contributed by atoms with van der Waals surface area (Å²) in [5.74, 6) is 0.814. The predicted molar refractivity (Wildman–Crippen MR) is 66.5 cm³/mol. The van der Waals surface area contributed by atoms with Crippen LogP contribution in [-0.2, 0) is 6.42 Å². The van der Waals surface area contributed by atoms with Crippen molar-refractivity contribution in [2.45, 2.75) is 19.8 Å². The number of aromatic nitrogens is 2. The molecule has 0 aliphatic heterocycles. The Morgan fingerprint density at radius 2 is 1.88 bits per heavy atom. The molecule has 0 amide bonds. The van der Waals surface area contributed by atoms with E-state index in [1.54, 1.807) is 6.07 Å². The highest BCUT2D eigenvalue weighted by Gasteiger charge is 2.04. The second-order valence-corrected chi connectivity index (χ2v) is 4.00. The van der Waals surface area contributed by atoms with Crippen molar-refractivity contribution in [1.29, 1.82) is 0 Å². The van der Waals surface area contributed by atoms with Crippen LogP contribution < -0.4 is 0 Å². The first kappa shape index (κ1) is 11.1. The van der Waals surface area contributed by atoms with E-state index in [0.717, 1.165) is 29.9 Å². The third kappa shape index (κ3) is 2.58. The van der Waals surface area contributed by atoms with Gasteiger partial charge in [-0.15, -0.1) is 0 Å². The van der Waals surface area contributed by atoms with Crippen molar-refractivity contribution < 1.29 is 0 Å². The van der Waals surface area contributed by atoms with Gasteiger partial charge in [-0.3, -0.25) is 0 Å². The molecule has 0 N–H and O–H groups in total. The van der Waals surface area contributed by atoms with Gasteiger partial charge in [0.05, 0.1) is 5.69 Å². The first-order valence-corrected chi connectivity index (χ1v) is 5.76. The topological polar surface area (TPSA) is 25.8 Å². The van der Waals surface area contributed by atoms with Crippen molar-refractivity contribution >= 4 is 11.6 Å². The lowest BCUT2D eigenvalue weighted by Gasteiger charge is -2.04. The molecule has 0 fully saturated rings. The maximum absolute atomic E-state index is 5.98. The maximum Gasteiger partial charge on any atom is 0.133 e. The Bertz CT molecular complexity index is 469. The third-order valence-electron chi connectivity index (χ3n) is 2.28. The van der Waals surface area contributed by atoms with Gasteiger partial charge in [0.15, 0.2) is 0 Å². The van der Waals surface area contributed by atoms with Crippen molar-refractivity contribution in [2.75, 3.05) is 0 Å². The fourth-order valence-corrected chi connectivity index (χ4v) is 1.76. The van der Waals surface area contributed by atoms with E-state index in [4.69, 9.17) is 11.6 Å². The highest BCUT2D eigenvalue weighted by atomic mass is 35.5. The van der Waals surface area contributed by atoms with Crippen LogP contribution in [0.5, 0.6) is 0 Å². The summed E-state index contributed by atoms with van der Waals surface area (Å²) in [5.41, 5.74) is 1.97. The average molecular weight is 233 g/mol. The molecule has 0 radical (unpaired) electrons. The number of hydrogen-bond donors (Lipinski definition) is 0. The molecule has 0 saturated heterocycles. The minimum Gasteiger partial charge on any atom is -0.233 e. The monoisotopic (exact) mass is 232 g/mol. The lowest BCUT2D eigenvalue weighted by atomic mass is 10.1. The van der Waals surface area contributed by atoms with Crippen LogP contribution in [0.4, 0.5) is 0 Å². The summed E-state index contributed by atoms with van der Waals surface area (Å²) in [6, 6.07) is 11.8. The number of nitrogens with zero attached hydrogens (tertiary/aromatic N) is 2. The fourth-order valence-electron chi connectivity index (χ4n) is 1.56. The van der Waals surface area contributed by atoms with Crippen molar-refractivity contribution in [3.8, 4) is 11.3 Å². The van der Waals surface area contributed by atoms with E-state index in [1.807, 2.05) is 30.3 Å². The van der Waals surface area contributed by atoms with E-state index in [1.165, 1.54) is 0 Å². The smallest absolute Gasteiger partial charge is 0.133 e. The number of aryl methyl sites for hydroxylation is 1. The van der Waals surface area contributed by atoms with Gasteiger partial charge in [0.25, 0.3) is 0 Å². The molecule has 3 heteroatoms. The molecule has 0 unspecified atom stereocenters. The quantitative estimate of drug-likeness (QED) is 0.754. The van der Waals surface area contributed by atoms with Gasteiger partial charge in [-0.05, 0) is 6.42 Å². The Kier molecular flexibility index (Phi) is 3.52. The van der Waals surface area contributed by atoms with Gasteiger partial charge in [0.2, 0.25) is 0 Å². The number of benzene rings is 1. The molecule has 1 aromatic heterocycles. The molecule has 2 aromatic rings. The number of rotatable bonds is 3. The average Bonchev–Trinajstić information content (AvgIpc) is 2.30. The Labute approximate surface area is 100 Å². The molecular weight excluding hydrogens is 220 g/mol. The van der Waals surface area contributed by atoms with Gasteiger partial charge in [-0.2, -0.15) is 0 Å². The van der Waals surface area contributed by atoms with E-state index in [0.29, 0.717) is 5.15 Å². The molecule has 0 atom stereocenters. The van der Waals surface area contributed by atoms with Gasteiger partial charge in [-0.25, -0.2) is 9.97 Å². The minimum absolute atomic E-state index is 0.511. The van der Waals surface area contributed by atoms with Crippen LogP contribution in [0.25, 0.3) is 11.3 Å². The summed E-state index contributed by atoms with van der Waals surface area (Å²) in [5, 5.41) is 0.511. The molecule has 2 nitrogen and oxygen atoms in total. The molecule has 0 aliphatic carbocycles. The van der Waals surface area contributed by atoms with Crippen molar-refractivity contribution in [3.05, 3.63) is 47.4 Å². The Morgan fingerprint density at radius 3 is 2.56 bits per heavy atom. The fraction of sp³-hybridized carbons (Fsp3) is 0.231. The van der Waals surface area contributed by atoms with E-state index in [9.17, 15) is 0 Å². The minimum atomic E-state index is 0.511. The van der Waals surface area contributed by atoms with E-state index < -0.39 is 0 Å². The van der Waals surface area contributed by atoms with Gasteiger partial charge in [0, 0.05) is 18.1 Å². The van der Waals surface area contributed by atoms with Crippen molar-refractivity contribution in [2.24, 2.45) is 0 Å². The standard InChI is InChI=1S/C13H13ClN2/c1-2-6-13-15-11(9-12(14)16-13)10-7-4-3-5-8-10/h3-5,7-9H,2,6H2,1H3. The molecule has 1 heterocycles. The molecule has 0 bridgehead atoms. The number of hydrogen-bond acceptors (Lipinski definition) is 2. The lowest BCUT2D eigenvalue weighted by molar-refractivity contribution is 0.836. The normalized spacial score (nSPS) is 10.4. The predicted octanol–water partition coefficient (Wildman–Crippen LogP) is 3.75. The van der Waals surface area contributed by atoms with Crippen LogP contribution >= 0.6 is 11.6 Å². The molecule has 82 valence electrons. The van der Waals surface area contributed by atoms with Gasteiger partial charge < -0.3 is 0 Å². The summed E-state index contributed by atoms with van der Waals surface area (Å²) in [7, 11) is 0. The zero-order valence-electron chi connectivity index (χ0n) is 9.15. The first-order chi connectivity index (χ1) is 7.79. The van der Waals surface area contributed by atoms with Crippen LogP contribution in [-0.4, -0.2) is 9.97 Å². The van der Waals surface area contributed by atoms with Gasteiger partial charge >= 0.3 is 0 Å². The van der Waals surface area contributed by atoms with Crippen LogP contribution in [0.15, 0.2) is 36.4 Å². The summed E-state index contributed by atoms with van der Waals surface area (Å²) < 4.78 is 0. The highest BCUT2D eigenvalue weighted by Crippen LogP contribution is 2.19. The van der Waals surface area contributed by atoms with Crippen LogP contribution in [0.3, 0.4) is 0 Å².